The van der Waals surface area contributed by atoms with Gasteiger partial charge in [-0.2, -0.15) is 5.26 Å². The van der Waals surface area contributed by atoms with E-state index in [9.17, 15) is 10.1 Å². The fourth-order valence-corrected chi connectivity index (χ4v) is 3.86. The predicted molar refractivity (Wildman–Crippen MR) is 110 cm³/mol. The van der Waals surface area contributed by atoms with Crippen LogP contribution in [0.3, 0.4) is 0 Å². The number of nitrogens with one attached hydrogen (secondary N) is 1. The molecule has 0 bridgehead atoms. The van der Waals surface area contributed by atoms with Crippen LogP contribution in [0.2, 0.25) is 10.0 Å². The smallest absolute Gasteiger partial charge is 0.265 e. The van der Waals surface area contributed by atoms with Crippen molar-refractivity contribution in [2.75, 3.05) is 5.32 Å². The highest BCUT2D eigenvalue weighted by Crippen LogP contribution is 2.39. The summed E-state index contributed by atoms with van der Waals surface area (Å²) in [7, 11) is 0. The van der Waals surface area contributed by atoms with Crippen molar-refractivity contribution in [3.05, 3.63) is 69.5 Å². The Morgan fingerprint density at radius 3 is 2.59 bits per heavy atom. The zero-order valence-corrected chi connectivity index (χ0v) is 16.5. The number of anilines is 1. The van der Waals surface area contributed by atoms with E-state index in [-0.39, 0.29) is 5.91 Å². The van der Waals surface area contributed by atoms with Crippen LogP contribution in [0.15, 0.2) is 53.9 Å². The summed E-state index contributed by atoms with van der Waals surface area (Å²) in [6, 6.07) is 16.3. The van der Waals surface area contributed by atoms with E-state index in [1.807, 2.05) is 18.2 Å². The first-order chi connectivity index (χ1) is 13.0. The normalized spacial score (nSPS) is 11.5. The highest BCUT2D eigenvalue weighted by atomic mass is 35.5. The molecule has 0 aliphatic carbocycles. The molecule has 1 aromatic heterocycles. The summed E-state index contributed by atoms with van der Waals surface area (Å²) >= 11 is 13.4. The van der Waals surface area contributed by atoms with Crippen LogP contribution < -0.4 is 10.1 Å². The lowest BCUT2D eigenvalue weighted by molar-refractivity contribution is -0.122. The number of nitriles is 1. The number of rotatable bonds is 5. The number of nitrogens with zero attached hydrogens (tertiary/aromatic N) is 1. The quantitative estimate of drug-likeness (QED) is 0.554. The van der Waals surface area contributed by atoms with Gasteiger partial charge < -0.3 is 10.1 Å². The molecule has 1 amide bonds. The molecule has 136 valence electrons. The number of thiophene rings is 1. The number of hydrogen-bond donors (Lipinski definition) is 1. The first-order valence-corrected chi connectivity index (χ1v) is 9.62. The maximum Gasteiger partial charge on any atom is 0.265 e. The third kappa shape index (κ3) is 4.42. The number of ether oxygens (including phenoxy) is 1. The average molecular weight is 417 g/mol. The van der Waals surface area contributed by atoms with Crippen LogP contribution in [-0.2, 0) is 4.79 Å². The van der Waals surface area contributed by atoms with Gasteiger partial charge in [0.05, 0.1) is 5.56 Å². The summed E-state index contributed by atoms with van der Waals surface area (Å²) < 4.78 is 5.62. The molecule has 27 heavy (non-hydrogen) atoms. The van der Waals surface area contributed by atoms with Crippen molar-refractivity contribution in [1.82, 2.24) is 0 Å². The molecule has 0 aliphatic heterocycles. The van der Waals surface area contributed by atoms with Crippen LogP contribution in [0.4, 0.5) is 5.00 Å². The Morgan fingerprint density at radius 2 is 1.93 bits per heavy atom. The lowest BCUT2D eigenvalue weighted by atomic mass is 10.0. The lowest BCUT2D eigenvalue weighted by Gasteiger charge is -2.14. The van der Waals surface area contributed by atoms with Crippen molar-refractivity contribution >= 4 is 45.4 Å². The van der Waals surface area contributed by atoms with Crippen LogP contribution in [-0.4, -0.2) is 12.0 Å². The van der Waals surface area contributed by atoms with Crippen molar-refractivity contribution in [3.63, 3.8) is 0 Å². The minimum atomic E-state index is -0.719. The Balaban J connectivity index is 1.80. The van der Waals surface area contributed by atoms with Crippen LogP contribution >= 0.6 is 34.5 Å². The van der Waals surface area contributed by atoms with Crippen LogP contribution in [0.25, 0.3) is 11.1 Å². The average Bonchev–Trinajstić information content (AvgIpc) is 3.04. The third-order valence-corrected chi connectivity index (χ3v) is 5.23. The van der Waals surface area contributed by atoms with E-state index in [0.29, 0.717) is 37.5 Å². The van der Waals surface area contributed by atoms with Gasteiger partial charge in [-0.25, -0.2) is 0 Å². The summed E-state index contributed by atoms with van der Waals surface area (Å²) in [4.78, 5) is 12.5. The van der Waals surface area contributed by atoms with E-state index in [0.717, 1.165) is 0 Å². The van der Waals surface area contributed by atoms with Gasteiger partial charge in [-0.3, -0.25) is 4.79 Å². The zero-order chi connectivity index (χ0) is 19.4. The number of halogens is 2. The SMILES string of the molecule is C[C@@H](Oc1ccccc1)C(=O)Nc1scc(-c2ccc(Cl)cc2Cl)c1C#N. The Hall–Kier alpha value is -2.52. The molecule has 3 rings (SSSR count). The maximum absolute atomic E-state index is 12.5. The summed E-state index contributed by atoms with van der Waals surface area (Å²) in [5, 5.41) is 15.5. The van der Waals surface area contributed by atoms with Crippen molar-refractivity contribution in [2.24, 2.45) is 0 Å². The summed E-state index contributed by atoms with van der Waals surface area (Å²) in [5.41, 5.74) is 1.68. The number of para-hydroxylation sites is 1. The molecule has 3 aromatic rings. The van der Waals surface area contributed by atoms with Gasteiger partial charge in [0.1, 0.15) is 16.8 Å². The molecule has 2 aromatic carbocycles. The van der Waals surface area contributed by atoms with E-state index in [1.54, 1.807) is 42.6 Å². The van der Waals surface area contributed by atoms with E-state index >= 15 is 0 Å². The number of carbonyl (C=O) groups is 1. The molecule has 4 nitrogen and oxygen atoms in total. The molecular weight excluding hydrogens is 403 g/mol. The van der Waals surface area contributed by atoms with Gasteiger partial charge >= 0.3 is 0 Å². The summed E-state index contributed by atoms with van der Waals surface area (Å²) in [6.45, 7) is 1.65. The number of amides is 1. The Morgan fingerprint density at radius 1 is 1.19 bits per heavy atom. The van der Waals surface area contributed by atoms with Gasteiger partial charge in [0.2, 0.25) is 0 Å². The van der Waals surface area contributed by atoms with Crippen LogP contribution in [0, 0.1) is 11.3 Å². The topological polar surface area (TPSA) is 62.1 Å². The van der Waals surface area contributed by atoms with E-state index < -0.39 is 6.10 Å². The summed E-state index contributed by atoms with van der Waals surface area (Å²) in [5.74, 6) is 0.256. The minimum Gasteiger partial charge on any atom is -0.481 e. The van der Waals surface area contributed by atoms with Crippen molar-refractivity contribution < 1.29 is 9.53 Å². The van der Waals surface area contributed by atoms with E-state index in [1.165, 1.54) is 11.3 Å². The first-order valence-electron chi connectivity index (χ1n) is 7.99. The van der Waals surface area contributed by atoms with E-state index in [4.69, 9.17) is 27.9 Å². The molecule has 0 spiro atoms. The number of hydrogen-bond acceptors (Lipinski definition) is 4. The molecule has 0 fully saturated rings. The van der Waals surface area contributed by atoms with Crippen LogP contribution in [0.5, 0.6) is 5.75 Å². The molecule has 0 saturated carbocycles. The number of carbonyl (C=O) groups excluding carboxylic acids is 1. The fourth-order valence-electron chi connectivity index (χ4n) is 2.44. The van der Waals surface area contributed by atoms with Gasteiger partial charge in [0, 0.05) is 26.6 Å². The van der Waals surface area contributed by atoms with Crippen molar-refractivity contribution in [1.29, 1.82) is 5.26 Å². The number of benzene rings is 2. The van der Waals surface area contributed by atoms with Gasteiger partial charge in [-0.15, -0.1) is 11.3 Å². The molecule has 7 heteroatoms. The molecule has 1 heterocycles. The van der Waals surface area contributed by atoms with E-state index in [2.05, 4.69) is 11.4 Å². The molecule has 1 N–H and O–H groups in total. The molecule has 0 aliphatic rings. The minimum absolute atomic E-state index is 0.342. The lowest BCUT2D eigenvalue weighted by Crippen LogP contribution is -2.30. The third-order valence-electron chi connectivity index (χ3n) is 3.79. The Bertz CT molecular complexity index is 1010. The van der Waals surface area contributed by atoms with Gasteiger partial charge in [-0.05, 0) is 31.2 Å². The molecule has 0 unspecified atom stereocenters. The summed E-state index contributed by atoms with van der Waals surface area (Å²) in [6.07, 6.45) is -0.719. The highest BCUT2D eigenvalue weighted by molar-refractivity contribution is 7.15. The van der Waals surface area contributed by atoms with Gasteiger partial charge in [-0.1, -0.05) is 47.5 Å². The molecule has 1 atom stereocenters. The second kappa shape index (κ2) is 8.45. The second-order valence-electron chi connectivity index (χ2n) is 5.65. The second-order valence-corrected chi connectivity index (χ2v) is 7.38. The molecule has 0 radical (unpaired) electrons. The monoisotopic (exact) mass is 416 g/mol. The largest absolute Gasteiger partial charge is 0.481 e. The Labute approximate surface area is 170 Å². The molecule has 0 saturated heterocycles. The standard InChI is InChI=1S/C20H14Cl2N2O2S/c1-12(26-14-5-3-2-4-6-14)19(25)24-20-16(10-23)17(11-27-20)15-8-7-13(21)9-18(15)22/h2-9,11-12H,1H3,(H,24,25)/t12-/m1/s1. The fraction of sp³-hybridized carbons (Fsp3) is 0.100. The van der Waals surface area contributed by atoms with Crippen molar-refractivity contribution in [3.8, 4) is 22.9 Å². The van der Waals surface area contributed by atoms with Crippen LogP contribution in [0.1, 0.15) is 12.5 Å². The zero-order valence-electron chi connectivity index (χ0n) is 14.2. The van der Waals surface area contributed by atoms with Gasteiger partial charge in [0.15, 0.2) is 6.10 Å². The Kier molecular flexibility index (Phi) is 6.02. The predicted octanol–water partition coefficient (Wildman–Crippen LogP) is 6.00. The van der Waals surface area contributed by atoms with Gasteiger partial charge in [0.25, 0.3) is 5.91 Å². The van der Waals surface area contributed by atoms with Crippen molar-refractivity contribution in [2.45, 2.75) is 13.0 Å². The highest BCUT2D eigenvalue weighted by Gasteiger charge is 2.20. The first kappa shape index (κ1) is 19.2. The molecular formula is C20H14Cl2N2O2S. The maximum atomic E-state index is 12.5.